The predicted octanol–water partition coefficient (Wildman–Crippen LogP) is 2.66. The number of rotatable bonds is 3. The lowest BCUT2D eigenvalue weighted by Crippen LogP contribution is -2.57. The van der Waals surface area contributed by atoms with E-state index in [0.29, 0.717) is 5.88 Å². The highest BCUT2D eigenvalue weighted by Gasteiger charge is 2.39. The van der Waals surface area contributed by atoms with E-state index >= 15 is 0 Å². The van der Waals surface area contributed by atoms with Gasteiger partial charge in [-0.2, -0.15) is 0 Å². The minimum atomic E-state index is -0.228. The van der Waals surface area contributed by atoms with E-state index in [9.17, 15) is 0 Å². The highest BCUT2D eigenvalue weighted by atomic mass is 16.5. The molecule has 1 saturated heterocycles. The summed E-state index contributed by atoms with van der Waals surface area (Å²) in [5.41, 5.74) is -0.456. The van der Waals surface area contributed by atoms with Crippen molar-refractivity contribution in [3.8, 4) is 5.88 Å². The Balaban J connectivity index is 2.31. The third kappa shape index (κ3) is 3.60. The van der Waals surface area contributed by atoms with Gasteiger partial charge in [-0.15, -0.1) is 0 Å². The molecule has 0 bridgehead atoms. The van der Waals surface area contributed by atoms with Crippen LogP contribution in [-0.4, -0.2) is 40.4 Å². The molecular weight excluding hydrogens is 254 g/mol. The second-order valence-electron chi connectivity index (χ2n) is 6.83. The van der Waals surface area contributed by atoms with E-state index < -0.39 is 0 Å². The van der Waals surface area contributed by atoms with Crippen LogP contribution in [-0.2, 0) is 4.74 Å². The zero-order chi connectivity index (χ0) is 15.0. The van der Waals surface area contributed by atoms with Crippen LogP contribution in [0.4, 0.5) is 5.82 Å². The van der Waals surface area contributed by atoms with Crippen molar-refractivity contribution in [1.82, 2.24) is 9.97 Å². The van der Waals surface area contributed by atoms with Gasteiger partial charge < -0.3 is 14.4 Å². The fourth-order valence-electron chi connectivity index (χ4n) is 2.78. The molecule has 1 aromatic rings. The lowest BCUT2D eigenvalue weighted by molar-refractivity contribution is -0.133. The van der Waals surface area contributed by atoms with E-state index in [0.717, 1.165) is 18.9 Å². The first-order valence-electron chi connectivity index (χ1n) is 7.11. The molecule has 0 atom stereocenters. The van der Waals surface area contributed by atoms with Gasteiger partial charge in [0.1, 0.15) is 0 Å². The van der Waals surface area contributed by atoms with Gasteiger partial charge in [0, 0.05) is 25.5 Å². The number of nitrogens with zero attached hydrogens (tertiary/aromatic N) is 3. The maximum absolute atomic E-state index is 6.10. The lowest BCUT2D eigenvalue weighted by atomic mass is 9.99. The third-order valence-electron chi connectivity index (χ3n) is 2.99. The van der Waals surface area contributed by atoms with E-state index in [4.69, 9.17) is 9.47 Å². The molecule has 5 nitrogen and oxygen atoms in total. The molecule has 5 heteroatoms. The summed E-state index contributed by atoms with van der Waals surface area (Å²) in [5.74, 6) is 1.39. The van der Waals surface area contributed by atoms with Crippen molar-refractivity contribution in [3.05, 3.63) is 12.4 Å². The topological polar surface area (TPSA) is 47.5 Å². The van der Waals surface area contributed by atoms with Gasteiger partial charge in [-0.25, -0.2) is 9.97 Å². The smallest absolute Gasteiger partial charge is 0.257 e. The van der Waals surface area contributed by atoms with E-state index in [-0.39, 0.29) is 17.3 Å². The third-order valence-corrected chi connectivity index (χ3v) is 2.99. The van der Waals surface area contributed by atoms with Gasteiger partial charge in [0.05, 0.1) is 17.3 Å². The maximum Gasteiger partial charge on any atom is 0.257 e. The Hall–Kier alpha value is -1.36. The largest absolute Gasteiger partial charge is 0.472 e. The zero-order valence-corrected chi connectivity index (χ0v) is 13.3. The Morgan fingerprint density at radius 3 is 2.20 bits per heavy atom. The van der Waals surface area contributed by atoms with Crippen LogP contribution in [0.2, 0.25) is 0 Å². The Bertz CT molecular complexity index is 456. The van der Waals surface area contributed by atoms with Gasteiger partial charge in [0.25, 0.3) is 5.88 Å². The van der Waals surface area contributed by atoms with E-state index in [1.807, 2.05) is 13.8 Å². The van der Waals surface area contributed by atoms with Crippen molar-refractivity contribution in [3.63, 3.8) is 0 Å². The van der Waals surface area contributed by atoms with Gasteiger partial charge >= 0.3 is 0 Å². The molecule has 0 saturated carbocycles. The van der Waals surface area contributed by atoms with Gasteiger partial charge in [0.2, 0.25) is 0 Å². The van der Waals surface area contributed by atoms with Crippen molar-refractivity contribution in [2.24, 2.45) is 0 Å². The fraction of sp³-hybridized carbons (Fsp3) is 0.733. The summed E-state index contributed by atoms with van der Waals surface area (Å²) in [7, 11) is 0. The number of hydrogen-bond acceptors (Lipinski definition) is 5. The monoisotopic (exact) mass is 279 g/mol. The fourth-order valence-corrected chi connectivity index (χ4v) is 2.78. The summed E-state index contributed by atoms with van der Waals surface area (Å²) in [4.78, 5) is 11.0. The molecule has 2 heterocycles. The van der Waals surface area contributed by atoms with Crippen molar-refractivity contribution >= 4 is 5.82 Å². The molecule has 1 aliphatic heterocycles. The highest BCUT2D eigenvalue weighted by Crippen LogP contribution is 2.33. The number of aromatic nitrogens is 2. The highest BCUT2D eigenvalue weighted by molar-refractivity contribution is 5.49. The molecule has 0 N–H and O–H groups in total. The van der Waals surface area contributed by atoms with Crippen molar-refractivity contribution in [2.75, 3.05) is 18.0 Å². The Morgan fingerprint density at radius 2 is 1.65 bits per heavy atom. The summed E-state index contributed by atoms with van der Waals surface area (Å²) in [6, 6.07) is 0. The molecule has 20 heavy (non-hydrogen) atoms. The second-order valence-corrected chi connectivity index (χ2v) is 6.83. The Morgan fingerprint density at radius 1 is 1.10 bits per heavy atom. The first-order chi connectivity index (χ1) is 9.19. The molecule has 2 rings (SSSR count). The zero-order valence-electron chi connectivity index (χ0n) is 13.3. The van der Waals surface area contributed by atoms with Crippen LogP contribution < -0.4 is 9.64 Å². The molecule has 0 radical (unpaired) electrons. The molecule has 112 valence electrons. The molecule has 0 spiro atoms. The van der Waals surface area contributed by atoms with Crippen LogP contribution in [0.5, 0.6) is 5.88 Å². The van der Waals surface area contributed by atoms with Crippen LogP contribution >= 0.6 is 0 Å². The molecule has 1 fully saturated rings. The standard InChI is InChI=1S/C15H25N3O2/c1-11(2)19-13-12(16-7-8-17-13)18-9-14(3,4)20-15(5,6)10-18/h7-8,11H,9-10H2,1-6H3. The van der Waals surface area contributed by atoms with E-state index in [1.165, 1.54) is 0 Å². The average Bonchev–Trinajstić information content (AvgIpc) is 2.24. The molecule has 1 aliphatic rings. The van der Waals surface area contributed by atoms with Crippen LogP contribution in [0, 0.1) is 0 Å². The minimum Gasteiger partial charge on any atom is -0.472 e. The summed E-state index contributed by atoms with van der Waals surface area (Å²) >= 11 is 0. The summed E-state index contributed by atoms with van der Waals surface area (Å²) in [6.45, 7) is 13.9. The van der Waals surface area contributed by atoms with Crippen LogP contribution in [0.1, 0.15) is 41.5 Å². The number of hydrogen-bond donors (Lipinski definition) is 0. The molecular formula is C15H25N3O2. The predicted molar refractivity (Wildman–Crippen MR) is 79.3 cm³/mol. The molecule has 0 aliphatic carbocycles. The van der Waals surface area contributed by atoms with Crippen LogP contribution in [0.25, 0.3) is 0 Å². The van der Waals surface area contributed by atoms with Gasteiger partial charge in [0.15, 0.2) is 5.82 Å². The SMILES string of the molecule is CC(C)Oc1nccnc1N1CC(C)(C)OC(C)(C)C1. The number of anilines is 1. The molecule has 0 amide bonds. The van der Waals surface area contributed by atoms with Crippen molar-refractivity contribution in [2.45, 2.75) is 58.8 Å². The molecule has 0 unspecified atom stereocenters. The number of ether oxygens (including phenoxy) is 2. The minimum absolute atomic E-state index is 0.0764. The van der Waals surface area contributed by atoms with Crippen LogP contribution in [0.3, 0.4) is 0 Å². The van der Waals surface area contributed by atoms with Crippen molar-refractivity contribution in [1.29, 1.82) is 0 Å². The summed E-state index contributed by atoms with van der Waals surface area (Å²) < 4.78 is 11.9. The van der Waals surface area contributed by atoms with Gasteiger partial charge in [-0.1, -0.05) is 0 Å². The van der Waals surface area contributed by atoms with E-state index in [1.54, 1.807) is 12.4 Å². The second kappa shape index (κ2) is 5.20. The molecule has 0 aromatic carbocycles. The first-order valence-corrected chi connectivity index (χ1v) is 7.11. The molecule has 1 aromatic heterocycles. The van der Waals surface area contributed by atoms with E-state index in [2.05, 4.69) is 42.6 Å². The van der Waals surface area contributed by atoms with Crippen molar-refractivity contribution < 1.29 is 9.47 Å². The average molecular weight is 279 g/mol. The van der Waals surface area contributed by atoms with Gasteiger partial charge in [-0.05, 0) is 41.5 Å². The quantitative estimate of drug-likeness (QED) is 0.851. The normalized spacial score (nSPS) is 21.1. The van der Waals surface area contributed by atoms with Crippen LogP contribution in [0.15, 0.2) is 12.4 Å². The Labute approximate surface area is 121 Å². The number of morpholine rings is 1. The first kappa shape index (κ1) is 15.0. The Kier molecular flexibility index (Phi) is 3.91. The summed E-state index contributed by atoms with van der Waals surface area (Å²) in [5, 5.41) is 0. The van der Waals surface area contributed by atoms with Gasteiger partial charge in [-0.3, -0.25) is 0 Å². The maximum atomic E-state index is 6.10. The summed E-state index contributed by atoms with van der Waals surface area (Å²) in [6.07, 6.45) is 3.45. The lowest BCUT2D eigenvalue weighted by Gasteiger charge is -2.47.